The third-order valence-electron chi connectivity index (χ3n) is 4.03. The van der Waals surface area contributed by atoms with Crippen molar-refractivity contribution in [2.24, 2.45) is 0 Å². The average molecular weight is 344 g/mol. The van der Waals surface area contributed by atoms with Crippen LogP contribution in [0, 0.1) is 11.3 Å². The lowest BCUT2D eigenvalue weighted by Crippen LogP contribution is -2.07. The van der Waals surface area contributed by atoms with E-state index in [1.807, 2.05) is 56.6 Å². The number of nitrogens with one attached hydrogen (secondary N) is 1. The summed E-state index contributed by atoms with van der Waals surface area (Å²) in [6.07, 6.45) is 5.58. The maximum absolute atomic E-state index is 9.46. The predicted molar refractivity (Wildman–Crippen MR) is 106 cm³/mol. The number of benzene rings is 2. The molecule has 0 unspecified atom stereocenters. The van der Waals surface area contributed by atoms with E-state index < -0.39 is 0 Å². The number of methoxy groups -OCH3 is 1. The predicted octanol–water partition coefficient (Wildman–Crippen LogP) is 4.26. The zero-order valence-corrected chi connectivity index (χ0v) is 15.0. The Balaban J connectivity index is 1.83. The van der Waals surface area contributed by atoms with Crippen LogP contribution in [0.25, 0.3) is 22.7 Å². The molecule has 0 aliphatic heterocycles. The van der Waals surface area contributed by atoms with Crippen molar-refractivity contribution < 1.29 is 4.74 Å². The molecule has 3 aromatic rings. The molecular formula is C21H20N4O. The molecule has 0 saturated heterocycles. The van der Waals surface area contributed by atoms with Gasteiger partial charge in [0.25, 0.3) is 0 Å². The van der Waals surface area contributed by atoms with Gasteiger partial charge < -0.3 is 14.6 Å². The second kappa shape index (κ2) is 7.58. The molecule has 5 heteroatoms. The van der Waals surface area contributed by atoms with Gasteiger partial charge in [0, 0.05) is 25.8 Å². The minimum atomic E-state index is 0.473. The number of nitrogens with zero attached hydrogens (tertiary/aromatic N) is 3. The topological polar surface area (TPSA) is 64.9 Å². The van der Waals surface area contributed by atoms with Crippen LogP contribution in [-0.2, 0) is 0 Å². The number of ether oxygens (including phenoxy) is 1. The Labute approximate surface area is 152 Å². The Bertz CT molecular complexity index is 1000. The summed E-state index contributed by atoms with van der Waals surface area (Å²) < 4.78 is 5.21. The number of aromatic amines is 1. The lowest BCUT2D eigenvalue weighted by atomic mass is 10.1. The standard InChI is InChI=1S/C21H20N4O/c1-25(2)17-9-7-15(8-10-17)5-4-6-16(14-22)21-23-19-12-11-18(26-3)13-20(19)24-21/h4-13H,1-3H3,(H,23,24)/b5-4+,16-6-. The molecule has 1 aromatic heterocycles. The smallest absolute Gasteiger partial charge is 0.149 e. The van der Waals surface area contributed by atoms with Gasteiger partial charge in [-0.3, -0.25) is 0 Å². The van der Waals surface area contributed by atoms with Gasteiger partial charge in [0.05, 0.1) is 23.7 Å². The highest BCUT2D eigenvalue weighted by atomic mass is 16.5. The van der Waals surface area contributed by atoms with Crippen molar-refractivity contribution in [2.75, 3.05) is 26.1 Å². The van der Waals surface area contributed by atoms with Crippen molar-refractivity contribution >= 4 is 28.4 Å². The number of fused-ring (bicyclic) bond motifs is 1. The van der Waals surface area contributed by atoms with Crippen LogP contribution in [0.5, 0.6) is 5.75 Å². The fourth-order valence-corrected chi connectivity index (χ4v) is 2.55. The molecule has 0 atom stereocenters. The quantitative estimate of drug-likeness (QED) is 0.555. The number of imidazole rings is 1. The summed E-state index contributed by atoms with van der Waals surface area (Å²) in [4.78, 5) is 9.70. The highest BCUT2D eigenvalue weighted by molar-refractivity contribution is 5.83. The molecule has 0 saturated carbocycles. The summed E-state index contributed by atoms with van der Waals surface area (Å²) in [7, 11) is 5.64. The number of nitriles is 1. The zero-order valence-electron chi connectivity index (χ0n) is 15.0. The number of aromatic nitrogens is 2. The highest BCUT2D eigenvalue weighted by Gasteiger charge is 2.07. The van der Waals surface area contributed by atoms with E-state index in [1.165, 1.54) is 0 Å². The van der Waals surface area contributed by atoms with Crippen LogP contribution in [0.4, 0.5) is 5.69 Å². The SMILES string of the molecule is COc1ccc2nc(/C(C#N)=C\C=C\c3ccc(N(C)C)cc3)[nH]c2c1. The van der Waals surface area contributed by atoms with Crippen LogP contribution < -0.4 is 9.64 Å². The summed E-state index contributed by atoms with van der Waals surface area (Å²) in [5.74, 6) is 1.29. The first-order valence-electron chi connectivity index (χ1n) is 8.20. The van der Waals surface area contributed by atoms with Crippen molar-refractivity contribution in [2.45, 2.75) is 0 Å². The summed E-state index contributed by atoms with van der Waals surface area (Å²) >= 11 is 0. The normalized spacial score (nSPS) is 11.7. The molecule has 5 nitrogen and oxygen atoms in total. The van der Waals surface area contributed by atoms with Crippen molar-refractivity contribution in [1.29, 1.82) is 5.26 Å². The third-order valence-corrected chi connectivity index (χ3v) is 4.03. The fraction of sp³-hybridized carbons (Fsp3) is 0.143. The first-order chi connectivity index (χ1) is 12.6. The Kier molecular flexibility index (Phi) is 5.04. The lowest BCUT2D eigenvalue weighted by Gasteiger charge is -2.11. The number of rotatable bonds is 5. The molecule has 1 N–H and O–H groups in total. The monoisotopic (exact) mass is 344 g/mol. The molecule has 0 bridgehead atoms. The van der Waals surface area contributed by atoms with Crippen LogP contribution in [0.2, 0.25) is 0 Å². The van der Waals surface area contributed by atoms with Gasteiger partial charge in [-0.2, -0.15) is 5.26 Å². The van der Waals surface area contributed by atoms with Crippen LogP contribution >= 0.6 is 0 Å². The second-order valence-corrected chi connectivity index (χ2v) is 6.01. The molecule has 3 rings (SSSR count). The zero-order chi connectivity index (χ0) is 18.5. The Hall–Kier alpha value is -3.52. The second-order valence-electron chi connectivity index (χ2n) is 6.01. The lowest BCUT2D eigenvalue weighted by molar-refractivity contribution is 0.415. The van der Waals surface area contributed by atoms with Gasteiger partial charge in [0.1, 0.15) is 17.6 Å². The first kappa shape index (κ1) is 17.3. The molecule has 0 aliphatic rings. The van der Waals surface area contributed by atoms with E-state index in [-0.39, 0.29) is 0 Å². The Morgan fingerprint density at radius 2 is 1.96 bits per heavy atom. The Morgan fingerprint density at radius 3 is 2.62 bits per heavy atom. The molecule has 0 aliphatic carbocycles. The molecule has 0 radical (unpaired) electrons. The molecule has 0 fully saturated rings. The molecule has 1 heterocycles. The molecule has 0 amide bonds. The minimum absolute atomic E-state index is 0.473. The third kappa shape index (κ3) is 3.76. The van der Waals surface area contributed by atoms with Crippen LogP contribution in [0.3, 0.4) is 0 Å². The minimum Gasteiger partial charge on any atom is -0.497 e. The fourth-order valence-electron chi connectivity index (χ4n) is 2.55. The van der Waals surface area contributed by atoms with Gasteiger partial charge >= 0.3 is 0 Å². The van der Waals surface area contributed by atoms with E-state index in [0.717, 1.165) is 28.0 Å². The average Bonchev–Trinajstić information content (AvgIpc) is 3.08. The summed E-state index contributed by atoms with van der Waals surface area (Å²) in [5.41, 5.74) is 4.32. The van der Waals surface area contributed by atoms with Crippen LogP contribution in [0.1, 0.15) is 11.4 Å². The highest BCUT2D eigenvalue weighted by Crippen LogP contribution is 2.21. The van der Waals surface area contributed by atoms with Crippen molar-refractivity contribution in [3.8, 4) is 11.8 Å². The largest absolute Gasteiger partial charge is 0.497 e. The van der Waals surface area contributed by atoms with Crippen LogP contribution in [-0.4, -0.2) is 31.2 Å². The van der Waals surface area contributed by atoms with Gasteiger partial charge in [0.2, 0.25) is 0 Å². The van der Waals surface area contributed by atoms with Gasteiger partial charge in [-0.1, -0.05) is 24.3 Å². The van der Waals surface area contributed by atoms with E-state index in [9.17, 15) is 5.26 Å². The Morgan fingerprint density at radius 1 is 1.19 bits per heavy atom. The number of hydrogen-bond acceptors (Lipinski definition) is 4. The summed E-state index contributed by atoms with van der Waals surface area (Å²) in [6.45, 7) is 0. The molecule has 26 heavy (non-hydrogen) atoms. The first-order valence-corrected chi connectivity index (χ1v) is 8.20. The molecule has 0 spiro atoms. The number of H-pyrrole nitrogens is 1. The molecular weight excluding hydrogens is 324 g/mol. The van der Waals surface area contributed by atoms with Crippen molar-refractivity contribution in [1.82, 2.24) is 9.97 Å². The molecule has 2 aromatic carbocycles. The van der Waals surface area contributed by atoms with Gasteiger partial charge in [0.15, 0.2) is 0 Å². The summed E-state index contributed by atoms with van der Waals surface area (Å²) in [5, 5.41) is 9.46. The summed E-state index contributed by atoms with van der Waals surface area (Å²) in [6, 6.07) is 16.0. The van der Waals surface area contributed by atoms with E-state index >= 15 is 0 Å². The van der Waals surface area contributed by atoms with E-state index in [4.69, 9.17) is 4.74 Å². The van der Waals surface area contributed by atoms with Gasteiger partial charge in [-0.05, 0) is 35.9 Å². The van der Waals surface area contributed by atoms with E-state index in [1.54, 1.807) is 13.2 Å². The van der Waals surface area contributed by atoms with E-state index in [2.05, 4.69) is 33.1 Å². The van der Waals surface area contributed by atoms with Crippen molar-refractivity contribution in [3.05, 3.63) is 66.0 Å². The van der Waals surface area contributed by atoms with Gasteiger partial charge in [-0.15, -0.1) is 0 Å². The maximum Gasteiger partial charge on any atom is 0.149 e. The van der Waals surface area contributed by atoms with E-state index in [0.29, 0.717) is 11.4 Å². The number of allylic oxidation sites excluding steroid dienone is 3. The number of hydrogen-bond donors (Lipinski definition) is 1. The number of anilines is 1. The maximum atomic E-state index is 9.46. The van der Waals surface area contributed by atoms with Crippen LogP contribution in [0.15, 0.2) is 54.6 Å². The van der Waals surface area contributed by atoms with Crippen molar-refractivity contribution in [3.63, 3.8) is 0 Å². The van der Waals surface area contributed by atoms with Gasteiger partial charge in [-0.25, -0.2) is 4.98 Å². The molecule has 130 valence electrons.